The minimum Gasteiger partial charge on any atom is -0.355 e. The first kappa shape index (κ1) is 11.9. The first-order valence-corrected chi connectivity index (χ1v) is 7.94. The molecule has 1 saturated heterocycles. The van der Waals surface area contributed by atoms with Crippen molar-refractivity contribution in [3.8, 4) is 10.6 Å². The third kappa shape index (κ3) is 1.98. The Hall–Kier alpha value is -1.18. The van der Waals surface area contributed by atoms with E-state index in [2.05, 4.69) is 5.16 Å². The van der Waals surface area contributed by atoms with Gasteiger partial charge in [-0.25, -0.2) is 8.42 Å². The highest BCUT2D eigenvalue weighted by atomic mass is 32.2. The van der Waals surface area contributed by atoms with Crippen molar-refractivity contribution >= 4 is 21.4 Å². The summed E-state index contributed by atoms with van der Waals surface area (Å²) < 4.78 is 31.6. The zero-order valence-corrected chi connectivity index (χ0v) is 11.2. The van der Waals surface area contributed by atoms with Crippen molar-refractivity contribution in [3.05, 3.63) is 24.4 Å². The van der Waals surface area contributed by atoms with Gasteiger partial charge in [-0.3, -0.25) is 0 Å². The predicted molar refractivity (Wildman–Crippen MR) is 67.8 cm³/mol. The van der Waals surface area contributed by atoms with Gasteiger partial charge < -0.3 is 4.52 Å². The molecular formula is C11H12N2O3S2. The Labute approximate surface area is 109 Å². The van der Waals surface area contributed by atoms with Crippen molar-refractivity contribution in [2.75, 3.05) is 13.1 Å². The molecule has 1 fully saturated rings. The first-order chi connectivity index (χ1) is 8.68. The average Bonchev–Trinajstić information content (AvgIpc) is 3.12. The van der Waals surface area contributed by atoms with Crippen molar-refractivity contribution < 1.29 is 12.9 Å². The Morgan fingerprint density at radius 1 is 1.22 bits per heavy atom. The molecule has 3 rings (SSSR count). The zero-order valence-electron chi connectivity index (χ0n) is 9.57. The monoisotopic (exact) mass is 284 g/mol. The van der Waals surface area contributed by atoms with Crippen LogP contribution >= 0.6 is 11.3 Å². The molecule has 2 aromatic rings. The average molecular weight is 284 g/mol. The van der Waals surface area contributed by atoms with Crippen molar-refractivity contribution in [2.45, 2.75) is 17.1 Å². The smallest absolute Gasteiger partial charge is 0.252 e. The van der Waals surface area contributed by atoms with Crippen LogP contribution in [0.2, 0.25) is 0 Å². The van der Waals surface area contributed by atoms with Crippen molar-refractivity contribution in [1.29, 1.82) is 0 Å². The maximum Gasteiger partial charge on any atom is 0.252 e. The van der Waals surface area contributed by atoms with E-state index < -0.39 is 10.0 Å². The van der Waals surface area contributed by atoms with E-state index in [1.807, 2.05) is 0 Å². The Kier molecular flexibility index (Phi) is 2.96. The quantitative estimate of drug-likeness (QED) is 0.866. The highest BCUT2D eigenvalue weighted by molar-refractivity contribution is 7.91. The number of sulfonamides is 1. The molecule has 0 aromatic carbocycles. The summed E-state index contributed by atoms with van der Waals surface area (Å²) in [6.07, 6.45) is 3.43. The van der Waals surface area contributed by atoms with E-state index in [0.717, 1.165) is 17.7 Å². The maximum absolute atomic E-state index is 12.3. The SMILES string of the molecule is O=S(=O)(c1ccc(-c2ccno2)s1)N1CCCC1. The van der Waals surface area contributed by atoms with Gasteiger partial charge >= 0.3 is 0 Å². The van der Waals surface area contributed by atoms with E-state index in [1.54, 1.807) is 28.7 Å². The molecule has 0 unspecified atom stereocenters. The fourth-order valence-electron chi connectivity index (χ4n) is 1.99. The van der Waals surface area contributed by atoms with Gasteiger partial charge in [-0.05, 0) is 25.0 Å². The van der Waals surface area contributed by atoms with Crippen molar-refractivity contribution in [3.63, 3.8) is 0 Å². The lowest BCUT2D eigenvalue weighted by molar-refractivity contribution is 0.433. The summed E-state index contributed by atoms with van der Waals surface area (Å²) in [4.78, 5) is 0.783. The molecule has 2 aromatic heterocycles. The van der Waals surface area contributed by atoms with E-state index in [1.165, 1.54) is 11.3 Å². The van der Waals surface area contributed by atoms with Gasteiger partial charge in [0.2, 0.25) is 0 Å². The fourth-order valence-corrected chi connectivity index (χ4v) is 4.92. The Bertz CT molecular complexity index is 625. The topological polar surface area (TPSA) is 63.4 Å². The van der Waals surface area contributed by atoms with Gasteiger partial charge in [-0.2, -0.15) is 4.31 Å². The largest absolute Gasteiger partial charge is 0.355 e. The third-order valence-electron chi connectivity index (χ3n) is 2.92. The molecule has 0 aliphatic carbocycles. The van der Waals surface area contributed by atoms with Gasteiger partial charge in [0.1, 0.15) is 4.21 Å². The van der Waals surface area contributed by atoms with Crippen molar-refractivity contribution in [1.82, 2.24) is 9.46 Å². The lowest BCUT2D eigenvalue weighted by atomic mass is 10.4. The van der Waals surface area contributed by atoms with Crippen molar-refractivity contribution in [2.24, 2.45) is 0 Å². The minimum absolute atomic E-state index is 0.371. The van der Waals surface area contributed by atoms with Crippen LogP contribution in [0.3, 0.4) is 0 Å². The summed E-state index contributed by atoms with van der Waals surface area (Å²) in [5, 5.41) is 3.62. The van der Waals surface area contributed by atoms with Crippen LogP contribution in [-0.2, 0) is 10.0 Å². The van der Waals surface area contributed by atoms with Crippen LogP contribution in [0.25, 0.3) is 10.6 Å². The second-order valence-electron chi connectivity index (χ2n) is 4.11. The molecule has 0 amide bonds. The Morgan fingerprint density at radius 3 is 2.67 bits per heavy atom. The van der Waals surface area contributed by atoms with Gasteiger partial charge in [0.15, 0.2) is 5.76 Å². The van der Waals surface area contributed by atoms with Crippen LogP contribution in [0.4, 0.5) is 0 Å². The van der Waals surface area contributed by atoms with E-state index in [4.69, 9.17) is 4.52 Å². The second-order valence-corrected chi connectivity index (χ2v) is 7.36. The number of rotatable bonds is 3. The van der Waals surface area contributed by atoms with E-state index >= 15 is 0 Å². The molecule has 1 aliphatic heterocycles. The van der Waals surface area contributed by atoms with Gasteiger partial charge in [-0.1, -0.05) is 5.16 Å². The molecule has 0 N–H and O–H groups in total. The van der Waals surface area contributed by atoms with E-state index in [0.29, 0.717) is 23.1 Å². The summed E-state index contributed by atoms with van der Waals surface area (Å²) in [7, 11) is -3.32. The lowest BCUT2D eigenvalue weighted by Crippen LogP contribution is -2.27. The van der Waals surface area contributed by atoms with Gasteiger partial charge in [-0.15, -0.1) is 11.3 Å². The number of thiophene rings is 1. The predicted octanol–water partition coefficient (Wildman–Crippen LogP) is 2.19. The summed E-state index contributed by atoms with van der Waals surface area (Å²) >= 11 is 1.22. The van der Waals surface area contributed by atoms with Gasteiger partial charge in [0.05, 0.1) is 11.1 Å². The Morgan fingerprint density at radius 2 is 2.00 bits per heavy atom. The molecule has 7 heteroatoms. The van der Waals surface area contributed by atoms with Gasteiger partial charge in [0, 0.05) is 19.2 Å². The highest BCUT2D eigenvalue weighted by Gasteiger charge is 2.28. The van der Waals surface area contributed by atoms with Gasteiger partial charge in [0.25, 0.3) is 10.0 Å². The summed E-state index contributed by atoms with van der Waals surface area (Å²) in [6.45, 7) is 1.25. The Balaban J connectivity index is 1.93. The standard InChI is InChI=1S/C11H12N2O3S2/c14-18(15,13-7-1-2-8-13)11-4-3-10(17-11)9-5-6-12-16-9/h3-6H,1-2,7-8H2. The van der Waals surface area contributed by atoms with Crippen LogP contribution in [0.1, 0.15) is 12.8 Å². The molecule has 3 heterocycles. The molecule has 1 aliphatic rings. The van der Waals surface area contributed by atoms with E-state index in [-0.39, 0.29) is 0 Å². The van der Waals surface area contributed by atoms with Crippen LogP contribution in [0.15, 0.2) is 33.1 Å². The molecule has 0 atom stereocenters. The first-order valence-electron chi connectivity index (χ1n) is 5.69. The van der Waals surface area contributed by atoms with Crippen LogP contribution in [-0.4, -0.2) is 31.0 Å². The summed E-state index contributed by atoms with van der Waals surface area (Å²) in [6, 6.07) is 5.11. The summed E-state index contributed by atoms with van der Waals surface area (Å²) in [5.41, 5.74) is 0. The number of aromatic nitrogens is 1. The number of hydrogen-bond donors (Lipinski definition) is 0. The molecule has 18 heavy (non-hydrogen) atoms. The molecular weight excluding hydrogens is 272 g/mol. The maximum atomic E-state index is 12.3. The lowest BCUT2D eigenvalue weighted by Gasteiger charge is -2.13. The molecule has 0 bridgehead atoms. The van der Waals surface area contributed by atoms with E-state index in [9.17, 15) is 8.42 Å². The summed E-state index contributed by atoms with van der Waals surface area (Å²) in [5.74, 6) is 0.600. The molecule has 0 spiro atoms. The second kappa shape index (κ2) is 4.49. The zero-order chi connectivity index (χ0) is 12.6. The molecule has 96 valence electrons. The molecule has 0 radical (unpaired) electrons. The fraction of sp³-hybridized carbons (Fsp3) is 0.364. The highest BCUT2D eigenvalue weighted by Crippen LogP contribution is 2.32. The number of hydrogen-bond acceptors (Lipinski definition) is 5. The third-order valence-corrected chi connectivity index (χ3v) is 6.39. The molecule has 0 saturated carbocycles. The van der Waals surface area contributed by atoms with Crippen LogP contribution < -0.4 is 0 Å². The number of nitrogens with zero attached hydrogens (tertiary/aromatic N) is 2. The van der Waals surface area contributed by atoms with Crippen LogP contribution in [0, 0.1) is 0 Å². The molecule has 5 nitrogen and oxygen atoms in total. The van der Waals surface area contributed by atoms with Crippen LogP contribution in [0.5, 0.6) is 0 Å². The normalized spacial score (nSPS) is 17.3. The minimum atomic E-state index is -3.32.